The number of rotatable bonds is 3. The van der Waals surface area contributed by atoms with Crippen LogP contribution < -0.4 is 4.90 Å². The quantitative estimate of drug-likeness (QED) is 0.619. The highest BCUT2D eigenvalue weighted by Crippen LogP contribution is 2.13. The van der Waals surface area contributed by atoms with Crippen LogP contribution in [0.5, 0.6) is 0 Å². The highest BCUT2D eigenvalue weighted by atomic mass is 16.4. The summed E-state index contributed by atoms with van der Waals surface area (Å²) in [6.45, 7) is 0.150. The molecule has 0 aliphatic heterocycles. The third kappa shape index (κ3) is 4.17. The largest absolute Gasteiger partial charge is 0.465 e. The Kier molecular flexibility index (Phi) is 5.05. The first-order valence-electron chi connectivity index (χ1n) is 5.31. The van der Waals surface area contributed by atoms with Crippen LogP contribution in [0.2, 0.25) is 0 Å². The highest BCUT2D eigenvalue weighted by Gasteiger charge is 2.06. The van der Waals surface area contributed by atoms with Crippen molar-refractivity contribution in [3.8, 4) is 11.8 Å². The number of hydrogen-bond acceptors (Lipinski definition) is 2. The number of unbranched alkanes of at least 4 members (excludes halogenated alkanes) is 1. The van der Waals surface area contributed by atoms with Crippen LogP contribution in [0.3, 0.4) is 0 Å². The van der Waals surface area contributed by atoms with Crippen LogP contribution in [0.25, 0.3) is 0 Å². The van der Waals surface area contributed by atoms with E-state index in [9.17, 15) is 4.79 Å². The summed E-state index contributed by atoms with van der Waals surface area (Å²) < 4.78 is 0. The second-order valence-electron chi connectivity index (χ2n) is 3.52. The normalized spacial score (nSPS) is 9.29. The maximum absolute atomic E-state index is 10.7. The number of nitrogens with zero attached hydrogens (tertiary/aromatic N) is 1. The van der Waals surface area contributed by atoms with E-state index in [1.165, 1.54) is 7.05 Å². The van der Waals surface area contributed by atoms with E-state index in [0.717, 1.165) is 10.5 Å². The van der Waals surface area contributed by atoms with Gasteiger partial charge in [-0.2, -0.15) is 0 Å². The van der Waals surface area contributed by atoms with Gasteiger partial charge in [-0.05, 0) is 30.7 Å². The van der Waals surface area contributed by atoms with Gasteiger partial charge in [0.05, 0.1) is 0 Å². The fourth-order valence-electron chi connectivity index (χ4n) is 1.21. The number of carbonyl (C=O) groups is 1. The molecule has 0 aliphatic carbocycles. The summed E-state index contributed by atoms with van der Waals surface area (Å²) in [4.78, 5) is 11.8. The molecule has 1 aromatic rings. The van der Waals surface area contributed by atoms with Crippen molar-refractivity contribution in [3.05, 3.63) is 29.8 Å². The zero-order valence-electron chi connectivity index (χ0n) is 9.68. The molecule has 4 heteroatoms. The van der Waals surface area contributed by atoms with Crippen molar-refractivity contribution in [1.29, 1.82) is 0 Å². The maximum atomic E-state index is 10.7. The molecule has 0 radical (unpaired) electrons. The van der Waals surface area contributed by atoms with E-state index in [1.54, 1.807) is 24.3 Å². The molecule has 0 aliphatic rings. The monoisotopic (exact) mass is 233 g/mol. The predicted octanol–water partition coefficient (Wildman–Crippen LogP) is 1.92. The number of aliphatic hydroxyl groups is 1. The molecule has 0 fully saturated rings. The van der Waals surface area contributed by atoms with E-state index in [4.69, 9.17) is 10.2 Å². The number of amides is 1. The van der Waals surface area contributed by atoms with Crippen LogP contribution in [0.15, 0.2) is 24.3 Å². The van der Waals surface area contributed by atoms with Gasteiger partial charge in [0.1, 0.15) is 0 Å². The first-order chi connectivity index (χ1) is 8.15. The molecule has 0 spiro atoms. The Bertz CT molecular complexity index is 428. The first kappa shape index (κ1) is 13.1. The SMILES string of the molecule is CN(C(=O)O)c1ccc(C#CCCCO)cc1. The Morgan fingerprint density at radius 1 is 1.35 bits per heavy atom. The second kappa shape index (κ2) is 6.56. The van der Waals surface area contributed by atoms with Crippen LogP contribution in [-0.4, -0.2) is 30.0 Å². The fourth-order valence-corrected chi connectivity index (χ4v) is 1.21. The van der Waals surface area contributed by atoms with Crippen LogP contribution in [0.1, 0.15) is 18.4 Å². The van der Waals surface area contributed by atoms with Gasteiger partial charge in [0.15, 0.2) is 0 Å². The molecular formula is C13H15NO3. The molecule has 0 heterocycles. The maximum Gasteiger partial charge on any atom is 0.411 e. The Balaban J connectivity index is 2.67. The van der Waals surface area contributed by atoms with Gasteiger partial charge in [-0.25, -0.2) is 4.79 Å². The summed E-state index contributed by atoms with van der Waals surface area (Å²) in [5.74, 6) is 5.88. The number of aliphatic hydroxyl groups excluding tert-OH is 1. The summed E-state index contributed by atoms with van der Waals surface area (Å²) in [6.07, 6.45) is 0.340. The zero-order valence-corrected chi connectivity index (χ0v) is 9.68. The van der Waals surface area contributed by atoms with Crippen molar-refractivity contribution in [2.75, 3.05) is 18.6 Å². The minimum atomic E-state index is -0.994. The molecule has 0 atom stereocenters. The lowest BCUT2D eigenvalue weighted by Gasteiger charge is -2.12. The van der Waals surface area contributed by atoms with Crippen molar-refractivity contribution < 1.29 is 15.0 Å². The van der Waals surface area contributed by atoms with Crippen molar-refractivity contribution >= 4 is 11.8 Å². The molecule has 0 aromatic heterocycles. The van der Waals surface area contributed by atoms with Crippen molar-refractivity contribution in [3.63, 3.8) is 0 Å². The van der Waals surface area contributed by atoms with Gasteiger partial charge in [0.25, 0.3) is 0 Å². The Morgan fingerprint density at radius 3 is 2.53 bits per heavy atom. The van der Waals surface area contributed by atoms with Crippen LogP contribution in [0, 0.1) is 11.8 Å². The molecule has 1 rings (SSSR count). The lowest BCUT2D eigenvalue weighted by atomic mass is 10.2. The lowest BCUT2D eigenvalue weighted by molar-refractivity contribution is 0.203. The van der Waals surface area contributed by atoms with E-state index in [-0.39, 0.29) is 6.61 Å². The Hall–Kier alpha value is -1.99. The molecule has 17 heavy (non-hydrogen) atoms. The van der Waals surface area contributed by atoms with Crippen molar-refractivity contribution in [2.24, 2.45) is 0 Å². The van der Waals surface area contributed by atoms with Gasteiger partial charge in [-0.15, -0.1) is 0 Å². The molecule has 0 bridgehead atoms. The average Bonchev–Trinajstić information content (AvgIpc) is 2.34. The van der Waals surface area contributed by atoms with Crippen LogP contribution in [0.4, 0.5) is 10.5 Å². The third-order valence-electron chi connectivity index (χ3n) is 2.23. The van der Waals surface area contributed by atoms with Crippen molar-refractivity contribution in [2.45, 2.75) is 12.8 Å². The molecule has 0 saturated carbocycles. The van der Waals surface area contributed by atoms with Crippen molar-refractivity contribution in [1.82, 2.24) is 0 Å². The fraction of sp³-hybridized carbons (Fsp3) is 0.308. The Labute approximate surface area is 100 Å². The number of anilines is 1. The minimum Gasteiger partial charge on any atom is -0.465 e. The van der Waals surface area contributed by atoms with E-state index in [0.29, 0.717) is 18.5 Å². The van der Waals surface area contributed by atoms with Gasteiger partial charge in [-0.3, -0.25) is 4.90 Å². The first-order valence-corrected chi connectivity index (χ1v) is 5.31. The molecule has 1 aromatic carbocycles. The zero-order chi connectivity index (χ0) is 12.7. The molecule has 4 nitrogen and oxygen atoms in total. The van der Waals surface area contributed by atoms with E-state index in [1.807, 2.05) is 0 Å². The van der Waals surface area contributed by atoms with Gasteiger partial charge >= 0.3 is 6.09 Å². The average molecular weight is 233 g/mol. The predicted molar refractivity (Wildman–Crippen MR) is 66.1 cm³/mol. The molecular weight excluding hydrogens is 218 g/mol. The van der Waals surface area contributed by atoms with Crippen LogP contribution in [-0.2, 0) is 0 Å². The standard InChI is InChI=1S/C13H15NO3/c1-14(13(16)17)12-8-6-11(7-9-12)5-3-2-4-10-15/h6-9,15H,2,4,10H2,1H3,(H,16,17). The van der Waals surface area contributed by atoms with E-state index in [2.05, 4.69) is 11.8 Å². The summed E-state index contributed by atoms with van der Waals surface area (Å²) >= 11 is 0. The summed E-state index contributed by atoms with van der Waals surface area (Å²) in [6, 6.07) is 6.98. The molecule has 90 valence electrons. The number of benzene rings is 1. The molecule has 0 saturated heterocycles. The van der Waals surface area contributed by atoms with Gasteiger partial charge < -0.3 is 10.2 Å². The summed E-state index contributed by atoms with van der Waals surface area (Å²) in [5.41, 5.74) is 1.45. The summed E-state index contributed by atoms with van der Waals surface area (Å²) in [5, 5.41) is 17.4. The minimum absolute atomic E-state index is 0.150. The molecule has 0 unspecified atom stereocenters. The Morgan fingerprint density at radius 2 is 2.00 bits per heavy atom. The summed E-state index contributed by atoms with van der Waals surface area (Å²) in [7, 11) is 1.49. The highest BCUT2D eigenvalue weighted by molar-refractivity contribution is 5.85. The van der Waals surface area contributed by atoms with Gasteiger partial charge in [0.2, 0.25) is 0 Å². The number of carboxylic acid groups (broad SMARTS) is 1. The smallest absolute Gasteiger partial charge is 0.411 e. The van der Waals surface area contributed by atoms with Crippen LogP contribution >= 0.6 is 0 Å². The van der Waals surface area contributed by atoms with Gasteiger partial charge in [0, 0.05) is 31.3 Å². The number of hydrogen-bond donors (Lipinski definition) is 2. The second-order valence-corrected chi connectivity index (χ2v) is 3.52. The topological polar surface area (TPSA) is 60.8 Å². The molecule has 2 N–H and O–H groups in total. The lowest BCUT2D eigenvalue weighted by Crippen LogP contribution is -2.23. The van der Waals surface area contributed by atoms with E-state index < -0.39 is 6.09 Å². The van der Waals surface area contributed by atoms with Gasteiger partial charge in [-0.1, -0.05) is 11.8 Å². The third-order valence-corrected chi connectivity index (χ3v) is 2.23. The van der Waals surface area contributed by atoms with E-state index >= 15 is 0 Å². The molecule has 1 amide bonds.